The van der Waals surface area contributed by atoms with Gasteiger partial charge in [-0.25, -0.2) is 37.5 Å². The molecular formula is C49H48ClF4N9O. The van der Waals surface area contributed by atoms with Gasteiger partial charge in [-0.1, -0.05) is 11.6 Å². The second-order valence-corrected chi connectivity index (χ2v) is 16.9. The molecule has 10 nitrogen and oxygen atoms in total. The standard InChI is InChI=1S/C29H30F2N6O.C20H18ClF2N3/c1-19-28(20-5-6-26(33-16-20)37-7-3-2-4-8-37)35-25-14-21(30)13-24(31)27(25)29(19)34-22-15-23(18-32-17-22)36-9-11-38-12-10-36;1-12-19(21)18-15(23)9-14(22)10-16(18)25-20(12)13-5-6-17(24-11-13)26-7-3-2-4-8-26/h5-6,13-18H,2-4,7-12H2,1H3,(H,34,35);5-6,9-11H,2-4,7-8H2,1H3. The van der Waals surface area contributed by atoms with Gasteiger partial charge in [-0.15, -0.1) is 0 Å². The topological polar surface area (TPSA) is 95.4 Å². The Labute approximate surface area is 374 Å². The highest BCUT2D eigenvalue weighted by atomic mass is 35.5. The van der Waals surface area contributed by atoms with Crippen LogP contribution in [-0.4, -0.2) is 77.4 Å². The summed E-state index contributed by atoms with van der Waals surface area (Å²) in [7, 11) is 0. The van der Waals surface area contributed by atoms with Crippen LogP contribution in [0.4, 0.5) is 46.3 Å². The fourth-order valence-electron chi connectivity index (χ4n) is 8.79. The van der Waals surface area contributed by atoms with Crippen molar-refractivity contribution >= 4 is 62.1 Å². The third-order valence-corrected chi connectivity index (χ3v) is 12.7. The number of hydrogen-bond acceptors (Lipinski definition) is 10. The van der Waals surface area contributed by atoms with E-state index in [1.807, 2.05) is 43.5 Å². The number of morpholine rings is 1. The van der Waals surface area contributed by atoms with Gasteiger partial charge in [0.15, 0.2) is 0 Å². The van der Waals surface area contributed by atoms with Gasteiger partial charge >= 0.3 is 0 Å². The van der Waals surface area contributed by atoms with Crippen LogP contribution in [0.15, 0.2) is 79.4 Å². The number of aromatic nitrogens is 5. The third kappa shape index (κ3) is 9.12. The van der Waals surface area contributed by atoms with E-state index in [-0.39, 0.29) is 26.8 Å². The lowest BCUT2D eigenvalue weighted by atomic mass is 10.0. The van der Waals surface area contributed by atoms with Crippen LogP contribution in [0, 0.1) is 37.1 Å². The van der Waals surface area contributed by atoms with E-state index in [0.29, 0.717) is 41.5 Å². The Kier molecular flexibility index (Phi) is 12.8. The Morgan fingerprint density at radius 1 is 0.578 bits per heavy atom. The van der Waals surface area contributed by atoms with Crippen molar-refractivity contribution in [2.24, 2.45) is 0 Å². The molecule has 0 radical (unpaired) electrons. The summed E-state index contributed by atoms with van der Waals surface area (Å²) in [4.78, 5) is 29.6. The Morgan fingerprint density at radius 3 is 1.66 bits per heavy atom. The molecule has 0 bridgehead atoms. The average Bonchev–Trinajstić information content (AvgIpc) is 3.32. The Morgan fingerprint density at radius 2 is 1.11 bits per heavy atom. The number of nitrogens with one attached hydrogen (secondary N) is 1. The molecule has 7 aromatic rings. The number of nitrogens with zero attached hydrogens (tertiary/aromatic N) is 8. The van der Waals surface area contributed by atoms with Crippen molar-refractivity contribution in [3.63, 3.8) is 0 Å². The summed E-state index contributed by atoms with van der Waals surface area (Å²) < 4.78 is 62.6. The smallest absolute Gasteiger partial charge is 0.137 e. The minimum Gasteiger partial charge on any atom is -0.378 e. The predicted molar refractivity (Wildman–Crippen MR) is 247 cm³/mol. The van der Waals surface area contributed by atoms with E-state index in [1.165, 1.54) is 50.7 Å². The van der Waals surface area contributed by atoms with Crippen LogP contribution in [0.3, 0.4) is 0 Å². The zero-order valence-electron chi connectivity index (χ0n) is 35.8. The first-order valence-corrected chi connectivity index (χ1v) is 22.2. The molecule has 15 heteroatoms. The van der Waals surface area contributed by atoms with Crippen LogP contribution < -0.4 is 20.0 Å². The van der Waals surface area contributed by atoms with Gasteiger partial charge < -0.3 is 24.8 Å². The average molecular weight is 890 g/mol. The molecule has 1 N–H and O–H groups in total. The number of halogens is 5. The van der Waals surface area contributed by atoms with E-state index < -0.39 is 23.3 Å². The number of fused-ring (bicyclic) bond motifs is 2. The second-order valence-electron chi connectivity index (χ2n) is 16.5. The largest absolute Gasteiger partial charge is 0.378 e. The van der Waals surface area contributed by atoms with Gasteiger partial charge in [0.2, 0.25) is 0 Å². The molecule has 0 unspecified atom stereocenters. The zero-order valence-corrected chi connectivity index (χ0v) is 36.5. The van der Waals surface area contributed by atoms with E-state index in [4.69, 9.17) is 26.3 Å². The Hall–Kier alpha value is -6.12. The Bertz CT molecular complexity index is 2800. The molecule has 0 saturated carbocycles. The molecule has 64 heavy (non-hydrogen) atoms. The SMILES string of the molecule is Cc1c(-c2ccc(N3CCCCC3)nc2)nc2cc(F)cc(F)c2c1Cl.Cc1c(-c2ccc(N3CCCCC3)nc2)nc2cc(F)cc(F)c2c1Nc1cncc(N2CCOCC2)c1. The molecule has 3 aliphatic heterocycles. The third-order valence-electron chi connectivity index (χ3n) is 12.2. The maximum Gasteiger partial charge on any atom is 0.137 e. The first-order chi connectivity index (χ1) is 31.1. The highest BCUT2D eigenvalue weighted by molar-refractivity contribution is 6.36. The lowest BCUT2D eigenvalue weighted by Gasteiger charge is -2.29. The van der Waals surface area contributed by atoms with Crippen molar-refractivity contribution in [2.75, 3.05) is 72.5 Å². The van der Waals surface area contributed by atoms with Crippen molar-refractivity contribution in [2.45, 2.75) is 52.4 Å². The number of pyridine rings is 5. The van der Waals surface area contributed by atoms with Gasteiger partial charge in [-0.05, 0) is 93.8 Å². The molecule has 3 aliphatic rings. The fraction of sp³-hybridized carbons (Fsp3) is 0.327. The second kappa shape index (κ2) is 18.9. The van der Waals surface area contributed by atoms with Gasteiger partial charge in [0.05, 0.1) is 80.9 Å². The van der Waals surface area contributed by atoms with Gasteiger partial charge in [-0.2, -0.15) is 0 Å². The summed E-state index contributed by atoms with van der Waals surface area (Å²) in [5.41, 5.74) is 6.81. The number of rotatable bonds is 7. The molecule has 3 saturated heterocycles. The van der Waals surface area contributed by atoms with Crippen LogP contribution in [-0.2, 0) is 4.74 Å². The van der Waals surface area contributed by atoms with Crippen molar-refractivity contribution in [3.8, 4) is 22.5 Å². The number of hydrogen-bond donors (Lipinski definition) is 1. The van der Waals surface area contributed by atoms with E-state index in [1.54, 1.807) is 25.5 Å². The van der Waals surface area contributed by atoms with E-state index >= 15 is 4.39 Å². The minimum atomic E-state index is -0.703. The highest BCUT2D eigenvalue weighted by Crippen LogP contribution is 2.38. The van der Waals surface area contributed by atoms with E-state index in [2.05, 4.69) is 35.0 Å². The molecule has 10 rings (SSSR count). The van der Waals surface area contributed by atoms with Crippen LogP contribution in [0.25, 0.3) is 44.3 Å². The van der Waals surface area contributed by atoms with Gasteiger partial charge in [0, 0.05) is 87.1 Å². The molecule has 3 fully saturated rings. The van der Waals surface area contributed by atoms with Crippen LogP contribution in [0.5, 0.6) is 0 Å². The molecule has 8 heterocycles. The normalized spacial score (nSPS) is 15.6. The Balaban J connectivity index is 0.000000174. The van der Waals surface area contributed by atoms with Crippen molar-refractivity contribution < 1.29 is 22.3 Å². The summed E-state index contributed by atoms with van der Waals surface area (Å²) >= 11 is 6.36. The molecule has 0 aliphatic carbocycles. The van der Waals surface area contributed by atoms with Gasteiger partial charge in [-0.3, -0.25) is 4.98 Å². The van der Waals surface area contributed by atoms with E-state index in [0.717, 1.165) is 85.4 Å². The summed E-state index contributed by atoms with van der Waals surface area (Å²) in [5.74, 6) is -0.834. The van der Waals surface area contributed by atoms with Crippen LogP contribution in [0.1, 0.15) is 49.7 Å². The van der Waals surface area contributed by atoms with Crippen molar-refractivity contribution in [1.29, 1.82) is 0 Å². The lowest BCUT2D eigenvalue weighted by Crippen LogP contribution is -2.36. The van der Waals surface area contributed by atoms with Gasteiger partial charge in [0.25, 0.3) is 0 Å². The number of anilines is 5. The number of piperidine rings is 2. The van der Waals surface area contributed by atoms with E-state index in [9.17, 15) is 13.2 Å². The fourth-order valence-corrected chi connectivity index (χ4v) is 9.07. The van der Waals surface area contributed by atoms with Crippen LogP contribution in [0.2, 0.25) is 5.02 Å². The molecule has 2 aromatic carbocycles. The lowest BCUT2D eigenvalue weighted by molar-refractivity contribution is 0.122. The monoisotopic (exact) mass is 889 g/mol. The maximum atomic E-state index is 15.2. The molecule has 330 valence electrons. The molecule has 0 atom stereocenters. The number of benzene rings is 2. The summed E-state index contributed by atoms with van der Waals surface area (Å²) in [5, 5.41) is 4.01. The predicted octanol–water partition coefficient (Wildman–Crippen LogP) is 11.4. The van der Waals surface area contributed by atoms with Crippen LogP contribution >= 0.6 is 11.6 Å². The maximum absolute atomic E-state index is 15.2. The zero-order chi connectivity index (χ0) is 44.3. The van der Waals surface area contributed by atoms with Crippen molar-refractivity contribution in [3.05, 3.63) is 119 Å². The first-order valence-electron chi connectivity index (χ1n) is 21.8. The minimum absolute atomic E-state index is 0.146. The first kappa shape index (κ1) is 43.1. The van der Waals surface area contributed by atoms with Gasteiger partial charge in [0.1, 0.15) is 34.9 Å². The summed E-state index contributed by atoms with van der Waals surface area (Å²) in [6, 6.07) is 14.1. The molecular weight excluding hydrogens is 842 g/mol. The summed E-state index contributed by atoms with van der Waals surface area (Å²) in [6.45, 7) is 10.6. The summed E-state index contributed by atoms with van der Waals surface area (Å²) in [6.07, 6.45) is 14.3. The molecule has 0 spiro atoms. The molecule has 0 amide bonds. The quantitative estimate of drug-likeness (QED) is 0.156. The van der Waals surface area contributed by atoms with Crippen molar-refractivity contribution in [1.82, 2.24) is 24.9 Å². The molecule has 5 aromatic heterocycles. The highest BCUT2D eigenvalue weighted by Gasteiger charge is 2.21. The number of ether oxygens (including phenoxy) is 1.